The van der Waals surface area contributed by atoms with E-state index in [4.69, 9.17) is 0 Å². The van der Waals surface area contributed by atoms with Gasteiger partial charge in [-0.1, -0.05) is 19.8 Å². The summed E-state index contributed by atoms with van der Waals surface area (Å²) in [5.74, 6) is 2.64. The normalized spacial score (nSPS) is 16.4. The summed E-state index contributed by atoms with van der Waals surface area (Å²) in [6.07, 6.45) is 7.12. The molecule has 2 rings (SSSR count). The first kappa shape index (κ1) is 13.1. The van der Waals surface area contributed by atoms with Crippen LogP contribution < -0.4 is 10.6 Å². The summed E-state index contributed by atoms with van der Waals surface area (Å²) in [4.78, 5) is 8.82. The third-order valence-corrected chi connectivity index (χ3v) is 3.46. The van der Waals surface area contributed by atoms with Gasteiger partial charge in [-0.3, -0.25) is 0 Å². The van der Waals surface area contributed by atoms with Crippen LogP contribution in [-0.2, 0) is 0 Å². The van der Waals surface area contributed by atoms with Crippen molar-refractivity contribution in [1.82, 2.24) is 9.97 Å². The average Bonchev–Trinajstić information content (AvgIpc) is 3.16. The molecule has 0 aromatic carbocycles. The number of anilines is 2. The highest BCUT2D eigenvalue weighted by Gasteiger charge is 2.25. The monoisotopic (exact) mass is 248 g/mol. The SMILES string of the molecule is CCNc1ncc(C)c(NC(CC)CC2CC2)n1. The fourth-order valence-corrected chi connectivity index (χ4v) is 2.11. The lowest BCUT2D eigenvalue weighted by atomic mass is 10.1. The second-order valence-electron chi connectivity index (χ2n) is 5.18. The van der Waals surface area contributed by atoms with Gasteiger partial charge in [0.15, 0.2) is 0 Å². The van der Waals surface area contributed by atoms with Crippen LogP contribution >= 0.6 is 0 Å². The van der Waals surface area contributed by atoms with E-state index in [9.17, 15) is 0 Å². The predicted octanol–water partition coefficient (Wildman–Crippen LogP) is 3.21. The van der Waals surface area contributed by atoms with Crippen LogP contribution in [0.5, 0.6) is 0 Å². The highest BCUT2D eigenvalue weighted by molar-refractivity contribution is 5.47. The van der Waals surface area contributed by atoms with Gasteiger partial charge < -0.3 is 10.6 Å². The zero-order chi connectivity index (χ0) is 13.0. The van der Waals surface area contributed by atoms with E-state index >= 15 is 0 Å². The Balaban J connectivity index is 2.02. The third kappa shape index (κ3) is 3.59. The molecule has 1 aromatic heterocycles. The molecule has 4 heteroatoms. The van der Waals surface area contributed by atoms with E-state index in [0.29, 0.717) is 12.0 Å². The minimum atomic E-state index is 0.542. The lowest BCUT2D eigenvalue weighted by Crippen LogP contribution is -2.21. The van der Waals surface area contributed by atoms with Gasteiger partial charge in [-0.25, -0.2) is 4.98 Å². The van der Waals surface area contributed by atoms with Crippen molar-refractivity contribution in [2.24, 2.45) is 5.92 Å². The van der Waals surface area contributed by atoms with Crippen LogP contribution in [0.1, 0.15) is 45.1 Å². The predicted molar refractivity (Wildman–Crippen MR) is 76.0 cm³/mol. The largest absolute Gasteiger partial charge is 0.367 e. The fourth-order valence-electron chi connectivity index (χ4n) is 2.11. The number of hydrogen-bond acceptors (Lipinski definition) is 4. The van der Waals surface area contributed by atoms with E-state index in [0.717, 1.165) is 30.3 Å². The van der Waals surface area contributed by atoms with E-state index in [1.807, 2.05) is 6.20 Å². The number of rotatable bonds is 7. The van der Waals surface area contributed by atoms with Crippen LogP contribution in [-0.4, -0.2) is 22.6 Å². The Morgan fingerprint density at radius 3 is 2.78 bits per heavy atom. The number of nitrogens with zero attached hydrogens (tertiary/aromatic N) is 2. The zero-order valence-corrected chi connectivity index (χ0v) is 11.7. The molecule has 1 aromatic rings. The van der Waals surface area contributed by atoms with Gasteiger partial charge in [0.25, 0.3) is 0 Å². The minimum absolute atomic E-state index is 0.542. The van der Waals surface area contributed by atoms with Crippen LogP contribution in [0, 0.1) is 12.8 Å². The molecule has 0 radical (unpaired) electrons. The number of nitrogens with one attached hydrogen (secondary N) is 2. The molecule has 1 saturated carbocycles. The van der Waals surface area contributed by atoms with E-state index in [-0.39, 0.29) is 0 Å². The van der Waals surface area contributed by atoms with Crippen molar-refractivity contribution in [3.05, 3.63) is 11.8 Å². The molecular weight excluding hydrogens is 224 g/mol. The van der Waals surface area contributed by atoms with Crippen molar-refractivity contribution in [2.75, 3.05) is 17.2 Å². The van der Waals surface area contributed by atoms with E-state index in [1.54, 1.807) is 0 Å². The van der Waals surface area contributed by atoms with Gasteiger partial charge in [0.1, 0.15) is 5.82 Å². The topological polar surface area (TPSA) is 49.8 Å². The molecule has 0 spiro atoms. The zero-order valence-electron chi connectivity index (χ0n) is 11.7. The highest BCUT2D eigenvalue weighted by atomic mass is 15.1. The van der Waals surface area contributed by atoms with E-state index < -0.39 is 0 Å². The second-order valence-corrected chi connectivity index (χ2v) is 5.18. The third-order valence-electron chi connectivity index (χ3n) is 3.46. The van der Waals surface area contributed by atoms with E-state index in [2.05, 4.69) is 41.4 Å². The molecule has 2 N–H and O–H groups in total. The van der Waals surface area contributed by atoms with Crippen LogP contribution in [0.2, 0.25) is 0 Å². The van der Waals surface area contributed by atoms with Crippen molar-refractivity contribution in [3.63, 3.8) is 0 Å². The van der Waals surface area contributed by atoms with Crippen molar-refractivity contribution < 1.29 is 0 Å². The quantitative estimate of drug-likeness (QED) is 0.778. The maximum absolute atomic E-state index is 4.54. The maximum Gasteiger partial charge on any atom is 0.224 e. The van der Waals surface area contributed by atoms with Gasteiger partial charge >= 0.3 is 0 Å². The first-order valence-electron chi connectivity index (χ1n) is 7.07. The lowest BCUT2D eigenvalue weighted by Gasteiger charge is -2.19. The molecule has 0 bridgehead atoms. The molecule has 0 amide bonds. The summed E-state index contributed by atoms with van der Waals surface area (Å²) < 4.78 is 0. The molecule has 1 aliphatic carbocycles. The Kier molecular flexibility index (Phi) is 4.39. The van der Waals surface area contributed by atoms with Gasteiger partial charge in [0.2, 0.25) is 5.95 Å². The molecule has 4 nitrogen and oxygen atoms in total. The maximum atomic E-state index is 4.54. The molecule has 1 heterocycles. The van der Waals surface area contributed by atoms with Crippen LogP contribution in [0.25, 0.3) is 0 Å². The van der Waals surface area contributed by atoms with Crippen LogP contribution in [0.3, 0.4) is 0 Å². The molecule has 18 heavy (non-hydrogen) atoms. The molecule has 1 atom stereocenters. The summed E-state index contributed by atoms with van der Waals surface area (Å²) in [5.41, 5.74) is 1.12. The molecule has 100 valence electrons. The minimum Gasteiger partial charge on any atom is -0.367 e. The highest BCUT2D eigenvalue weighted by Crippen LogP contribution is 2.34. The second kappa shape index (κ2) is 6.03. The first-order valence-corrected chi connectivity index (χ1v) is 7.07. The molecule has 0 saturated heterocycles. The van der Waals surface area contributed by atoms with Crippen LogP contribution in [0.4, 0.5) is 11.8 Å². The lowest BCUT2D eigenvalue weighted by molar-refractivity contribution is 0.584. The fraction of sp³-hybridized carbons (Fsp3) is 0.714. The summed E-state index contributed by atoms with van der Waals surface area (Å²) >= 11 is 0. The summed E-state index contributed by atoms with van der Waals surface area (Å²) in [6, 6.07) is 0.542. The smallest absolute Gasteiger partial charge is 0.224 e. The molecule has 1 aliphatic rings. The van der Waals surface area contributed by atoms with Gasteiger partial charge in [0.05, 0.1) is 0 Å². The Bertz CT molecular complexity index is 387. The first-order chi connectivity index (χ1) is 8.72. The number of aromatic nitrogens is 2. The average molecular weight is 248 g/mol. The molecular formula is C14H24N4. The van der Waals surface area contributed by atoms with Crippen molar-refractivity contribution in [3.8, 4) is 0 Å². The number of aryl methyl sites for hydroxylation is 1. The Labute approximate surface area is 110 Å². The Morgan fingerprint density at radius 1 is 1.39 bits per heavy atom. The Hall–Kier alpha value is -1.32. The van der Waals surface area contributed by atoms with Crippen molar-refractivity contribution in [1.29, 1.82) is 0 Å². The molecule has 1 unspecified atom stereocenters. The number of hydrogen-bond donors (Lipinski definition) is 2. The molecule has 0 aliphatic heterocycles. The summed E-state index contributed by atoms with van der Waals surface area (Å²) in [7, 11) is 0. The standard InChI is InChI=1S/C14H24N4/c1-4-12(8-11-6-7-11)17-13-10(3)9-16-14(18-13)15-5-2/h9,11-12H,4-8H2,1-3H3,(H2,15,16,17,18). The van der Waals surface area contributed by atoms with Crippen LogP contribution in [0.15, 0.2) is 6.20 Å². The summed E-state index contributed by atoms with van der Waals surface area (Å²) in [5, 5.41) is 6.73. The van der Waals surface area contributed by atoms with Gasteiger partial charge in [-0.2, -0.15) is 4.98 Å². The van der Waals surface area contributed by atoms with E-state index in [1.165, 1.54) is 19.3 Å². The Morgan fingerprint density at radius 2 is 2.17 bits per heavy atom. The summed E-state index contributed by atoms with van der Waals surface area (Å²) in [6.45, 7) is 7.20. The van der Waals surface area contributed by atoms with Gasteiger partial charge in [0, 0.05) is 24.3 Å². The van der Waals surface area contributed by atoms with Crippen molar-refractivity contribution >= 4 is 11.8 Å². The molecule has 1 fully saturated rings. The van der Waals surface area contributed by atoms with Crippen molar-refractivity contribution in [2.45, 2.75) is 52.5 Å². The van der Waals surface area contributed by atoms with Gasteiger partial charge in [-0.05, 0) is 32.6 Å². The van der Waals surface area contributed by atoms with Gasteiger partial charge in [-0.15, -0.1) is 0 Å².